The lowest BCUT2D eigenvalue weighted by Gasteiger charge is -2.35. The average Bonchev–Trinajstić information content (AvgIpc) is 2.96. The van der Waals surface area contributed by atoms with Crippen LogP contribution < -0.4 is 5.32 Å². The SMILES string of the molecule is CSCc1cccc(C(=O)NC2CC(n3cncn3)C2)c1. The molecule has 0 unspecified atom stereocenters. The van der Waals surface area contributed by atoms with Crippen LogP contribution in [0.25, 0.3) is 0 Å². The summed E-state index contributed by atoms with van der Waals surface area (Å²) in [7, 11) is 0. The first kappa shape index (κ1) is 14.1. The lowest BCUT2D eigenvalue weighted by molar-refractivity contribution is 0.0888. The minimum Gasteiger partial charge on any atom is -0.349 e. The molecule has 1 heterocycles. The van der Waals surface area contributed by atoms with Crippen molar-refractivity contribution in [2.45, 2.75) is 30.7 Å². The molecule has 0 aliphatic heterocycles. The maximum Gasteiger partial charge on any atom is 0.251 e. The smallest absolute Gasteiger partial charge is 0.251 e. The van der Waals surface area contributed by atoms with Crippen molar-refractivity contribution in [2.24, 2.45) is 0 Å². The van der Waals surface area contributed by atoms with E-state index in [1.807, 2.05) is 22.9 Å². The molecule has 5 nitrogen and oxygen atoms in total. The predicted octanol–water partition coefficient (Wildman–Crippen LogP) is 2.27. The Morgan fingerprint density at radius 2 is 2.33 bits per heavy atom. The van der Waals surface area contributed by atoms with Crippen LogP contribution in [0.1, 0.15) is 34.8 Å². The molecule has 0 atom stereocenters. The molecule has 0 saturated heterocycles. The normalized spacial score (nSPS) is 20.8. The van der Waals surface area contributed by atoms with Gasteiger partial charge in [-0.05, 0) is 36.8 Å². The van der Waals surface area contributed by atoms with Crippen molar-refractivity contribution in [3.05, 3.63) is 48.0 Å². The third kappa shape index (κ3) is 3.26. The fraction of sp³-hybridized carbons (Fsp3) is 0.400. The summed E-state index contributed by atoms with van der Waals surface area (Å²) in [5, 5.41) is 7.22. The summed E-state index contributed by atoms with van der Waals surface area (Å²) in [6.07, 6.45) is 7.17. The molecule has 1 saturated carbocycles. The second-order valence-corrected chi connectivity index (χ2v) is 6.17. The van der Waals surface area contributed by atoms with Gasteiger partial charge in [-0.15, -0.1) is 0 Å². The molecule has 21 heavy (non-hydrogen) atoms. The Morgan fingerprint density at radius 3 is 3.05 bits per heavy atom. The third-order valence-electron chi connectivity index (χ3n) is 3.76. The Kier molecular flexibility index (Phi) is 4.24. The van der Waals surface area contributed by atoms with Crippen LogP contribution in [-0.4, -0.2) is 33.0 Å². The van der Waals surface area contributed by atoms with Crippen molar-refractivity contribution < 1.29 is 4.79 Å². The fourth-order valence-electron chi connectivity index (χ4n) is 2.57. The maximum absolute atomic E-state index is 12.2. The van der Waals surface area contributed by atoms with Crippen molar-refractivity contribution in [1.82, 2.24) is 20.1 Å². The zero-order valence-electron chi connectivity index (χ0n) is 11.9. The number of thioether (sulfide) groups is 1. The molecule has 1 amide bonds. The predicted molar refractivity (Wildman–Crippen MR) is 83.2 cm³/mol. The molecule has 1 aromatic carbocycles. The van der Waals surface area contributed by atoms with Gasteiger partial charge in [0, 0.05) is 17.4 Å². The second kappa shape index (κ2) is 6.30. The number of carbonyl (C=O) groups excluding carboxylic acids is 1. The Balaban J connectivity index is 1.54. The third-order valence-corrected chi connectivity index (χ3v) is 4.38. The molecule has 6 heteroatoms. The Bertz CT molecular complexity index is 608. The zero-order chi connectivity index (χ0) is 14.7. The van der Waals surface area contributed by atoms with E-state index < -0.39 is 0 Å². The number of amides is 1. The summed E-state index contributed by atoms with van der Waals surface area (Å²) < 4.78 is 1.86. The van der Waals surface area contributed by atoms with Crippen LogP contribution in [0.15, 0.2) is 36.9 Å². The number of nitrogens with zero attached hydrogens (tertiary/aromatic N) is 3. The van der Waals surface area contributed by atoms with Crippen LogP contribution in [0.3, 0.4) is 0 Å². The maximum atomic E-state index is 12.2. The number of hydrogen-bond donors (Lipinski definition) is 1. The molecule has 3 rings (SSSR count). The monoisotopic (exact) mass is 302 g/mol. The van der Waals surface area contributed by atoms with E-state index in [2.05, 4.69) is 27.7 Å². The highest BCUT2D eigenvalue weighted by atomic mass is 32.2. The number of nitrogens with one attached hydrogen (secondary N) is 1. The lowest BCUT2D eigenvalue weighted by atomic mass is 9.86. The van der Waals surface area contributed by atoms with E-state index in [9.17, 15) is 4.79 Å². The number of benzene rings is 1. The first-order valence-corrected chi connectivity index (χ1v) is 8.38. The summed E-state index contributed by atoms with van der Waals surface area (Å²) >= 11 is 1.76. The summed E-state index contributed by atoms with van der Waals surface area (Å²) in [4.78, 5) is 16.2. The Hall–Kier alpha value is -1.82. The highest BCUT2D eigenvalue weighted by Crippen LogP contribution is 2.31. The summed E-state index contributed by atoms with van der Waals surface area (Å²) in [6.45, 7) is 0. The molecule has 1 aliphatic carbocycles. The number of hydrogen-bond acceptors (Lipinski definition) is 4. The Morgan fingerprint density at radius 1 is 1.48 bits per heavy atom. The van der Waals surface area contributed by atoms with Crippen LogP contribution in [0, 0.1) is 0 Å². The van der Waals surface area contributed by atoms with E-state index in [1.54, 1.807) is 24.4 Å². The van der Waals surface area contributed by atoms with Crippen molar-refractivity contribution in [3.63, 3.8) is 0 Å². The van der Waals surface area contributed by atoms with Gasteiger partial charge in [-0.3, -0.25) is 4.79 Å². The summed E-state index contributed by atoms with van der Waals surface area (Å²) in [5.41, 5.74) is 1.93. The summed E-state index contributed by atoms with van der Waals surface area (Å²) in [6, 6.07) is 8.43. The molecule has 1 N–H and O–H groups in total. The molecule has 0 bridgehead atoms. The van der Waals surface area contributed by atoms with Crippen molar-refractivity contribution >= 4 is 17.7 Å². The first-order chi connectivity index (χ1) is 10.3. The van der Waals surface area contributed by atoms with Crippen LogP contribution in [-0.2, 0) is 5.75 Å². The molecule has 1 fully saturated rings. The molecular formula is C15H18N4OS. The minimum atomic E-state index is 0.0139. The summed E-state index contributed by atoms with van der Waals surface area (Å²) in [5.74, 6) is 0.943. The van der Waals surface area contributed by atoms with Crippen LogP contribution in [0.4, 0.5) is 0 Å². The average molecular weight is 302 g/mol. The number of aromatic nitrogens is 3. The molecule has 110 valence electrons. The van der Waals surface area contributed by atoms with Crippen LogP contribution >= 0.6 is 11.8 Å². The highest BCUT2D eigenvalue weighted by Gasteiger charge is 2.32. The van der Waals surface area contributed by atoms with Gasteiger partial charge >= 0.3 is 0 Å². The van der Waals surface area contributed by atoms with E-state index in [0.717, 1.165) is 24.2 Å². The quantitative estimate of drug-likeness (QED) is 0.920. The second-order valence-electron chi connectivity index (χ2n) is 5.30. The van der Waals surface area contributed by atoms with Gasteiger partial charge in [0.2, 0.25) is 0 Å². The number of carbonyl (C=O) groups is 1. The van der Waals surface area contributed by atoms with Gasteiger partial charge in [0.15, 0.2) is 0 Å². The molecule has 2 aromatic rings. The van der Waals surface area contributed by atoms with Gasteiger partial charge in [0.1, 0.15) is 12.7 Å². The molecular weight excluding hydrogens is 284 g/mol. The van der Waals surface area contributed by atoms with Crippen LogP contribution in [0.2, 0.25) is 0 Å². The largest absolute Gasteiger partial charge is 0.349 e. The fourth-order valence-corrected chi connectivity index (χ4v) is 3.08. The topological polar surface area (TPSA) is 59.8 Å². The number of rotatable bonds is 5. The highest BCUT2D eigenvalue weighted by molar-refractivity contribution is 7.97. The van der Waals surface area contributed by atoms with Crippen molar-refractivity contribution in [2.75, 3.05) is 6.26 Å². The lowest BCUT2D eigenvalue weighted by Crippen LogP contribution is -2.45. The van der Waals surface area contributed by atoms with Crippen molar-refractivity contribution in [3.8, 4) is 0 Å². The van der Waals surface area contributed by atoms with Gasteiger partial charge in [0.25, 0.3) is 5.91 Å². The van der Waals surface area contributed by atoms with Gasteiger partial charge in [-0.2, -0.15) is 16.9 Å². The van der Waals surface area contributed by atoms with E-state index in [1.165, 1.54) is 5.56 Å². The molecule has 0 spiro atoms. The van der Waals surface area contributed by atoms with Gasteiger partial charge < -0.3 is 5.32 Å². The Labute approximate surface area is 128 Å². The molecule has 0 radical (unpaired) electrons. The van der Waals surface area contributed by atoms with E-state index in [0.29, 0.717) is 6.04 Å². The van der Waals surface area contributed by atoms with Gasteiger partial charge in [-0.1, -0.05) is 12.1 Å². The van der Waals surface area contributed by atoms with Crippen molar-refractivity contribution in [1.29, 1.82) is 0 Å². The van der Waals surface area contributed by atoms with Crippen LogP contribution in [0.5, 0.6) is 0 Å². The van der Waals surface area contributed by atoms with E-state index >= 15 is 0 Å². The van der Waals surface area contributed by atoms with E-state index in [4.69, 9.17) is 0 Å². The standard InChI is InChI=1S/C15H18N4OS/c1-21-8-11-3-2-4-12(5-11)15(20)18-13-6-14(7-13)19-10-16-9-17-19/h2-5,9-10,13-14H,6-8H2,1H3,(H,18,20). The zero-order valence-corrected chi connectivity index (χ0v) is 12.7. The van der Waals surface area contributed by atoms with Gasteiger partial charge in [-0.25, -0.2) is 9.67 Å². The van der Waals surface area contributed by atoms with Gasteiger partial charge in [0.05, 0.1) is 6.04 Å². The molecule has 1 aliphatic rings. The molecule has 1 aromatic heterocycles. The first-order valence-electron chi connectivity index (χ1n) is 6.99. The minimum absolute atomic E-state index is 0.0139. The van der Waals surface area contributed by atoms with E-state index in [-0.39, 0.29) is 11.9 Å².